The fraction of sp³-hybridized carbons (Fsp3) is 0.233. The van der Waals surface area contributed by atoms with Gasteiger partial charge in [0.2, 0.25) is 5.91 Å². The number of nitroso groups, excluding NO2 is 1. The maximum atomic E-state index is 11.5. The third-order valence-electron chi connectivity index (χ3n) is 5.67. The monoisotopic (exact) mass is 483 g/mol. The van der Waals surface area contributed by atoms with Crippen LogP contribution in [0.15, 0.2) is 96.2 Å². The number of nitrogens with one attached hydrogen (secondary N) is 1. The lowest BCUT2D eigenvalue weighted by Gasteiger charge is -2.17. The van der Waals surface area contributed by atoms with Crippen molar-refractivity contribution < 1.29 is 9.53 Å². The van der Waals surface area contributed by atoms with Gasteiger partial charge in [0.25, 0.3) is 0 Å². The summed E-state index contributed by atoms with van der Waals surface area (Å²) in [4.78, 5) is 24.3. The fourth-order valence-electron chi connectivity index (χ4n) is 3.85. The first-order chi connectivity index (χ1) is 17.5. The van der Waals surface area contributed by atoms with Crippen LogP contribution < -0.4 is 10.1 Å². The molecule has 0 spiro atoms. The molecule has 0 unspecified atom stereocenters. The van der Waals surface area contributed by atoms with E-state index in [1.54, 1.807) is 32.3 Å². The van der Waals surface area contributed by atoms with E-state index in [9.17, 15) is 9.70 Å². The van der Waals surface area contributed by atoms with Gasteiger partial charge < -0.3 is 15.0 Å². The molecule has 0 aliphatic rings. The molecular weight excluding hydrogens is 450 g/mol. The summed E-state index contributed by atoms with van der Waals surface area (Å²) in [6, 6.07) is 25.7. The number of nitrogens with zero attached hydrogens (tertiary/aromatic N) is 2. The number of amides is 1. The molecule has 0 fully saturated rings. The Morgan fingerprint density at radius 2 is 1.67 bits per heavy atom. The van der Waals surface area contributed by atoms with Crippen LogP contribution >= 0.6 is 0 Å². The molecule has 1 N–H and O–H groups in total. The van der Waals surface area contributed by atoms with Crippen LogP contribution in [0.1, 0.15) is 30.0 Å². The van der Waals surface area contributed by atoms with Gasteiger partial charge in [-0.25, -0.2) is 0 Å². The van der Waals surface area contributed by atoms with Crippen LogP contribution in [0.4, 0.5) is 5.69 Å². The average Bonchev–Trinajstić information content (AvgIpc) is 2.92. The van der Waals surface area contributed by atoms with E-state index < -0.39 is 0 Å². The van der Waals surface area contributed by atoms with E-state index in [2.05, 4.69) is 29.6 Å². The molecule has 0 aromatic heterocycles. The Labute approximate surface area is 213 Å². The van der Waals surface area contributed by atoms with Crippen molar-refractivity contribution in [1.82, 2.24) is 10.2 Å². The Hall–Kier alpha value is -4.03. The summed E-state index contributed by atoms with van der Waals surface area (Å²) in [5.74, 6) is 0.744. The first-order valence-corrected chi connectivity index (χ1v) is 12.1. The standard InChI is InChI=1S/C30H33N3O3/c1-4-28(23-10-6-5-7-11-23)30(25-12-8-13-26(22-25)32-35)24-15-17-27(18-16-24)36-21-20-31-19-9-14-29(34)33(2)3/h5-18,22,31H,4,19-21H2,1-3H3/b14-9+,30-28+. The molecule has 0 aliphatic heterocycles. The summed E-state index contributed by atoms with van der Waals surface area (Å²) in [5, 5.41) is 6.36. The van der Waals surface area contributed by atoms with E-state index in [4.69, 9.17) is 4.74 Å². The van der Waals surface area contributed by atoms with Crippen LogP contribution in [0.2, 0.25) is 0 Å². The summed E-state index contributed by atoms with van der Waals surface area (Å²) < 4.78 is 5.89. The van der Waals surface area contributed by atoms with Gasteiger partial charge in [-0.1, -0.05) is 67.6 Å². The SMILES string of the molecule is CC/C(=C(/c1ccc(OCCNC/C=C/C(=O)N(C)C)cc1)c1cccc(N=O)c1)c1ccccc1. The number of rotatable bonds is 12. The molecule has 36 heavy (non-hydrogen) atoms. The highest BCUT2D eigenvalue weighted by atomic mass is 16.5. The molecule has 0 radical (unpaired) electrons. The van der Waals surface area contributed by atoms with E-state index in [1.165, 1.54) is 10.5 Å². The molecule has 6 heteroatoms. The number of hydrogen-bond donors (Lipinski definition) is 1. The second kappa shape index (κ2) is 13.8. The quantitative estimate of drug-likeness (QED) is 0.147. The highest BCUT2D eigenvalue weighted by molar-refractivity contribution is 5.99. The van der Waals surface area contributed by atoms with Crippen LogP contribution in [0.25, 0.3) is 11.1 Å². The van der Waals surface area contributed by atoms with Crippen LogP contribution in [0.5, 0.6) is 5.75 Å². The molecule has 6 nitrogen and oxygen atoms in total. The molecule has 3 aromatic rings. The van der Waals surface area contributed by atoms with Crippen LogP contribution in [-0.4, -0.2) is 44.6 Å². The van der Waals surface area contributed by atoms with Crippen molar-refractivity contribution >= 4 is 22.7 Å². The van der Waals surface area contributed by atoms with E-state index >= 15 is 0 Å². The van der Waals surface area contributed by atoms with Crippen molar-refractivity contribution in [2.45, 2.75) is 13.3 Å². The Kier molecular flexibility index (Phi) is 10.2. The van der Waals surface area contributed by atoms with Crippen LogP contribution in [0.3, 0.4) is 0 Å². The fourth-order valence-corrected chi connectivity index (χ4v) is 3.85. The first-order valence-electron chi connectivity index (χ1n) is 12.1. The molecule has 0 heterocycles. The molecule has 0 atom stereocenters. The second-order valence-electron chi connectivity index (χ2n) is 8.43. The number of hydrogen-bond acceptors (Lipinski definition) is 5. The van der Waals surface area contributed by atoms with Crippen LogP contribution in [-0.2, 0) is 4.79 Å². The normalized spacial score (nSPS) is 11.8. The molecule has 3 rings (SSSR count). The van der Waals surface area contributed by atoms with Gasteiger partial charge in [-0.05, 0) is 63.7 Å². The molecule has 0 aliphatic carbocycles. The number of benzene rings is 3. The van der Waals surface area contributed by atoms with Gasteiger partial charge in [-0.15, -0.1) is 4.91 Å². The molecule has 0 saturated carbocycles. The summed E-state index contributed by atoms with van der Waals surface area (Å²) in [6.07, 6.45) is 4.19. The van der Waals surface area contributed by atoms with Crippen molar-refractivity contribution in [2.75, 3.05) is 33.8 Å². The van der Waals surface area contributed by atoms with E-state index in [-0.39, 0.29) is 5.91 Å². The Morgan fingerprint density at radius 1 is 0.944 bits per heavy atom. The molecule has 0 saturated heterocycles. The zero-order chi connectivity index (χ0) is 25.8. The van der Waals surface area contributed by atoms with Gasteiger partial charge in [-0.2, -0.15) is 0 Å². The summed E-state index contributed by atoms with van der Waals surface area (Å²) in [5.41, 5.74) is 5.80. The minimum atomic E-state index is -0.0331. The van der Waals surface area contributed by atoms with Crippen molar-refractivity contribution in [2.24, 2.45) is 5.18 Å². The third kappa shape index (κ3) is 7.48. The predicted molar refractivity (Wildman–Crippen MR) is 147 cm³/mol. The van der Waals surface area contributed by atoms with Gasteiger partial charge in [0.15, 0.2) is 0 Å². The van der Waals surface area contributed by atoms with Gasteiger partial charge in [-0.3, -0.25) is 4.79 Å². The van der Waals surface area contributed by atoms with Crippen molar-refractivity contribution in [1.29, 1.82) is 0 Å². The zero-order valence-corrected chi connectivity index (χ0v) is 21.1. The minimum absolute atomic E-state index is 0.0331. The van der Waals surface area contributed by atoms with Gasteiger partial charge in [0, 0.05) is 33.3 Å². The highest BCUT2D eigenvalue weighted by Crippen LogP contribution is 2.36. The maximum Gasteiger partial charge on any atom is 0.245 e. The molecule has 1 amide bonds. The number of likely N-dealkylation sites (N-methyl/N-ethyl adjacent to an activating group) is 1. The molecular formula is C30H33N3O3. The highest BCUT2D eigenvalue weighted by Gasteiger charge is 2.14. The van der Waals surface area contributed by atoms with Crippen molar-refractivity contribution in [3.05, 3.63) is 113 Å². The number of allylic oxidation sites excluding steroid dienone is 1. The maximum absolute atomic E-state index is 11.5. The molecule has 186 valence electrons. The Morgan fingerprint density at radius 3 is 2.33 bits per heavy atom. The summed E-state index contributed by atoms with van der Waals surface area (Å²) in [6.45, 7) is 3.91. The van der Waals surface area contributed by atoms with Gasteiger partial charge in [0.05, 0.1) is 0 Å². The smallest absolute Gasteiger partial charge is 0.245 e. The molecule has 0 bridgehead atoms. The lowest BCUT2D eigenvalue weighted by Crippen LogP contribution is -2.22. The zero-order valence-electron chi connectivity index (χ0n) is 21.1. The Bertz CT molecular complexity index is 1200. The predicted octanol–water partition coefficient (Wildman–Crippen LogP) is 6.07. The summed E-state index contributed by atoms with van der Waals surface area (Å²) >= 11 is 0. The van der Waals surface area contributed by atoms with Crippen molar-refractivity contribution in [3.8, 4) is 5.75 Å². The third-order valence-corrected chi connectivity index (χ3v) is 5.67. The summed E-state index contributed by atoms with van der Waals surface area (Å²) in [7, 11) is 3.45. The second-order valence-corrected chi connectivity index (χ2v) is 8.43. The van der Waals surface area contributed by atoms with E-state index in [0.717, 1.165) is 34.4 Å². The largest absolute Gasteiger partial charge is 0.492 e. The minimum Gasteiger partial charge on any atom is -0.492 e. The lowest BCUT2D eigenvalue weighted by molar-refractivity contribution is -0.123. The number of carbonyl (C=O) groups is 1. The van der Waals surface area contributed by atoms with Crippen LogP contribution in [0, 0.1) is 4.91 Å². The average molecular weight is 484 g/mol. The van der Waals surface area contributed by atoms with E-state index in [0.29, 0.717) is 25.4 Å². The first kappa shape index (κ1) is 26.6. The van der Waals surface area contributed by atoms with Gasteiger partial charge >= 0.3 is 0 Å². The topological polar surface area (TPSA) is 71.0 Å². The number of ether oxygens (including phenoxy) is 1. The van der Waals surface area contributed by atoms with Crippen molar-refractivity contribution in [3.63, 3.8) is 0 Å². The van der Waals surface area contributed by atoms with E-state index in [1.807, 2.05) is 60.7 Å². The Balaban J connectivity index is 1.75. The number of carbonyl (C=O) groups excluding carboxylic acids is 1. The lowest BCUT2D eigenvalue weighted by atomic mass is 9.88. The van der Waals surface area contributed by atoms with Gasteiger partial charge in [0.1, 0.15) is 18.0 Å². The molecule has 3 aromatic carbocycles.